The van der Waals surface area contributed by atoms with E-state index in [-0.39, 0.29) is 18.8 Å². The molecule has 0 aliphatic heterocycles. The molecule has 1 heterocycles. The van der Waals surface area contributed by atoms with Gasteiger partial charge in [0.05, 0.1) is 12.1 Å². The molecule has 0 atom stereocenters. The van der Waals surface area contributed by atoms with Gasteiger partial charge >= 0.3 is 5.97 Å². The fourth-order valence-corrected chi connectivity index (χ4v) is 3.45. The van der Waals surface area contributed by atoms with E-state index in [1.807, 2.05) is 35.7 Å². The van der Waals surface area contributed by atoms with Crippen molar-refractivity contribution in [1.29, 1.82) is 0 Å². The Labute approximate surface area is 172 Å². The maximum Gasteiger partial charge on any atom is 0.310 e. The number of ether oxygens (including phenoxy) is 1. The maximum atomic E-state index is 12.9. The second kappa shape index (κ2) is 9.75. The fraction of sp³-hybridized carbons (Fsp3) is 0.136. The number of aromatic nitrogens is 1. The van der Waals surface area contributed by atoms with Crippen molar-refractivity contribution < 1.29 is 18.7 Å². The van der Waals surface area contributed by atoms with Crippen molar-refractivity contribution in [2.45, 2.75) is 6.42 Å². The lowest BCUT2D eigenvalue weighted by molar-refractivity contribution is -0.147. The molecule has 0 spiro atoms. The number of carbonyl (C=O) groups is 2. The van der Waals surface area contributed by atoms with Crippen LogP contribution >= 0.6 is 11.3 Å². The predicted octanol–water partition coefficient (Wildman–Crippen LogP) is 4.25. The summed E-state index contributed by atoms with van der Waals surface area (Å²) < 4.78 is 18.0. The summed E-state index contributed by atoms with van der Waals surface area (Å²) >= 11 is 1.33. The Morgan fingerprint density at radius 1 is 1.14 bits per heavy atom. The van der Waals surface area contributed by atoms with Crippen molar-refractivity contribution in [3.63, 3.8) is 0 Å². The Morgan fingerprint density at radius 3 is 2.55 bits per heavy atom. The minimum atomic E-state index is -0.562. The predicted molar refractivity (Wildman–Crippen MR) is 111 cm³/mol. The smallest absolute Gasteiger partial charge is 0.310 e. The highest BCUT2D eigenvalue weighted by Gasteiger charge is 2.20. The normalized spacial score (nSPS) is 10.4. The topological polar surface area (TPSA) is 59.5 Å². The van der Waals surface area contributed by atoms with Gasteiger partial charge in [-0.2, -0.15) is 0 Å². The van der Waals surface area contributed by atoms with E-state index >= 15 is 0 Å². The van der Waals surface area contributed by atoms with Gasteiger partial charge in [-0.15, -0.1) is 17.9 Å². The first-order chi connectivity index (χ1) is 14.1. The highest BCUT2D eigenvalue weighted by atomic mass is 32.1. The van der Waals surface area contributed by atoms with E-state index in [9.17, 15) is 14.0 Å². The Bertz CT molecular complexity index is 987. The largest absolute Gasteiger partial charge is 0.455 e. The van der Waals surface area contributed by atoms with E-state index in [0.717, 1.165) is 11.3 Å². The average molecular weight is 410 g/mol. The van der Waals surface area contributed by atoms with Gasteiger partial charge in [-0.25, -0.2) is 9.37 Å². The zero-order chi connectivity index (χ0) is 20.6. The van der Waals surface area contributed by atoms with Crippen LogP contribution < -0.4 is 4.90 Å². The van der Waals surface area contributed by atoms with Crippen LogP contribution in [0.15, 0.2) is 72.6 Å². The quantitative estimate of drug-likeness (QED) is 0.411. The number of carbonyl (C=O) groups excluding carboxylic acids is 2. The van der Waals surface area contributed by atoms with Gasteiger partial charge in [0.15, 0.2) is 11.7 Å². The second-order valence-electron chi connectivity index (χ2n) is 6.14. The molecular weight excluding hydrogens is 391 g/mol. The third-order valence-corrected chi connectivity index (χ3v) is 4.89. The van der Waals surface area contributed by atoms with Gasteiger partial charge in [-0.1, -0.05) is 48.5 Å². The van der Waals surface area contributed by atoms with E-state index < -0.39 is 18.5 Å². The molecule has 2 aromatic carbocycles. The molecule has 3 rings (SSSR count). The lowest BCUT2D eigenvalue weighted by atomic mass is 10.1. The van der Waals surface area contributed by atoms with Crippen molar-refractivity contribution in [1.82, 2.24) is 4.98 Å². The van der Waals surface area contributed by atoms with Crippen molar-refractivity contribution in [3.05, 3.63) is 84.0 Å². The highest BCUT2D eigenvalue weighted by molar-refractivity contribution is 7.14. The lowest BCUT2D eigenvalue weighted by Gasteiger charge is -2.17. The van der Waals surface area contributed by atoms with Crippen molar-refractivity contribution >= 4 is 28.3 Å². The third-order valence-electron chi connectivity index (χ3n) is 4.02. The van der Waals surface area contributed by atoms with Gasteiger partial charge in [0.2, 0.25) is 0 Å². The molecule has 5 nitrogen and oxygen atoms in total. The van der Waals surface area contributed by atoms with E-state index in [1.54, 1.807) is 6.08 Å². The van der Waals surface area contributed by atoms with Crippen molar-refractivity contribution in [2.24, 2.45) is 0 Å². The first-order valence-electron chi connectivity index (χ1n) is 8.89. The monoisotopic (exact) mass is 410 g/mol. The molecular formula is C22H19FN2O3S. The van der Waals surface area contributed by atoms with Gasteiger partial charge in [0.1, 0.15) is 5.82 Å². The molecule has 1 amide bonds. The molecule has 0 aliphatic carbocycles. The highest BCUT2D eigenvalue weighted by Crippen LogP contribution is 2.27. The number of hydrogen-bond donors (Lipinski definition) is 0. The standard InChI is InChI=1S/C22H19FN2O3S/c1-2-12-25(22-24-19(15-29-22)17-6-4-3-5-7-17)20(26)14-28-21(27)13-16-8-10-18(23)11-9-16/h2-11,15H,1,12-14H2. The molecule has 1 aromatic heterocycles. The molecule has 29 heavy (non-hydrogen) atoms. The van der Waals surface area contributed by atoms with Gasteiger partial charge < -0.3 is 4.74 Å². The zero-order valence-corrected chi connectivity index (χ0v) is 16.4. The Morgan fingerprint density at radius 2 is 1.86 bits per heavy atom. The molecule has 0 bridgehead atoms. The molecule has 0 N–H and O–H groups in total. The summed E-state index contributed by atoms with van der Waals surface area (Å²) in [5, 5.41) is 2.37. The number of nitrogens with zero attached hydrogens (tertiary/aromatic N) is 2. The van der Waals surface area contributed by atoms with Crippen molar-refractivity contribution in [2.75, 3.05) is 18.1 Å². The molecule has 0 saturated heterocycles. The van der Waals surface area contributed by atoms with Gasteiger partial charge in [-0.05, 0) is 17.7 Å². The number of anilines is 1. The number of rotatable bonds is 8. The number of esters is 1. The molecule has 0 aliphatic rings. The molecule has 7 heteroatoms. The SMILES string of the molecule is C=CCN(C(=O)COC(=O)Cc1ccc(F)cc1)c1nc(-c2ccccc2)cs1. The number of amides is 1. The number of halogens is 1. The minimum absolute atomic E-state index is 0.0373. The summed E-state index contributed by atoms with van der Waals surface area (Å²) in [5.41, 5.74) is 2.33. The average Bonchev–Trinajstić information content (AvgIpc) is 3.22. The van der Waals surface area contributed by atoms with Crippen LogP contribution in [0.4, 0.5) is 9.52 Å². The molecule has 0 saturated carbocycles. The molecule has 0 fully saturated rings. The first-order valence-corrected chi connectivity index (χ1v) is 9.77. The van der Waals surface area contributed by atoms with E-state index in [4.69, 9.17) is 4.74 Å². The van der Waals surface area contributed by atoms with Crippen LogP contribution in [0.5, 0.6) is 0 Å². The summed E-state index contributed by atoms with van der Waals surface area (Å²) in [6, 6.07) is 15.2. The maximum absolute atomic E-state index is 12.9. The molecule has 0 radical (unpaired) electrons. The second-order valence-corrected chi connectivity index (χ2v) is 6.97. The van der Waals surface area contributed by atoms with Crippen LogP contribution in [0.2, 0.25) is 0 Å². The van der Waals surface area contributed by atoms with E-state index in [0.29, 0.717) is 10.7 Å². The van der Waals surface area contributed by atoms with Gasteiger partial charge in [0, 0.05) is 17.5 Å². The van der Waals surface area contributed by atoms with Crippen LogP contribution in [-0.2, 0) is 20.7 Å². The number of benzene rings is 2. The minimum Gasteiger partial charge on any atom is -0.455 e. The Balaban J connectivity index is 1.62. The van der Waals surface area contributed by atoms with Crippen LogP contribution in [0.3, 0.4) is 0 Å². The van der Waals surface area contributed by atoms with Crippen LogP contribution in [-0.4, -0.2) is 30.0 Å². The Hall–Kier alpha value is -3.32. The fourth-order valence-electron chi connectivity index (χ4n) is 2.59. The van der Waals surface area contributed by atoms with Gasteiger partial charge in [-0.3, -0.25) is 14.5 Å². The van der Waals surface area contributed by atoms with Crippen molar-refractivity contribution in [3.8, 4) is 11.3 Å². The lowest BCUT2D eigenvalue weighted by Crippen LogP contribution is -2.35. The van der Waals surface area contributed by atoms with Gasteiger partial charge in [0.25, 0.3) is 5.91 Å². The Kier molecular flexibility index (Phi) is 6.86. The summed E-state index contributed by atoms with van der Waals surface area (Å²) in [6.45, 7) is 3.51. The zero-order valence-electron chi connectivity index (χ0n) is 15.6. The molecule has 3 aromatic rings. The summed E-state index contributed by atoms with van der Waals surface area (Å²) in [5.74, 6) is -1.34. The van der Waals surface area contributed by atoms with Crippen LogP contribution in [0.25, 0.3) is 11.3 Å². The third kappa shape index (κ3) is 5.58. The first kappa shape index (κ1) is 20.4. The summed E-state index contributed by atoms with van der Waals surface area (Å²) in [7, 11) is 0. The van der Waals surface area contributed by atoms with Crippen LogP contribution in [0, 0.1) is 5.82 Å². The van der Waals surface area contributed by atoms with E-state index in [2.05, 4.69) is 11.6 Å². The number of hydrogen-bond acceptors (Lipinski definition) is 5. The summed E-state index contributed by atoms with van der Waals surface area (Å²) in [6.07, 6.45) is 1.55. The van der Waals surface area contributed by atoms with E-state index in [1.165, 1.54) is 40.5 Å². The number of thiazole rings is 1. The summed E-state index contributed by atoms with van der Waals surface area (Å²) in [4.78, 5) is 30.5. The van der Waals surface area contributed by atoms with Crippen LogP contribution in [0.1, 0.15) is 5.56 Å². The molecule has 148 valence electrons. The molecule has 0 unspecified atom stereocenters.